The van der Waals surface area contributed by atoms with Crippen LogP contribution in [0.25, 0.3) is 98.7 Å². The molecule has 10 aromatic rings. The molecule has 0 aromatic heterocycles. The Kier molecular flexibility index (Phi) is 7.00. The fourth-order valence-corrected chi connectivity index (χ4v) is 9.57. The zero-order valence-corrected chi connectivity index (χ0v) is 31.0. The minimum Gasteiger partial charge on any atom is -0.0616 e. The first-order valence-electron chi connectivity index (χ1n) is 19.3. The van der Waals surface area contributed by atoms with Crippen LogP contribution in [0, 0.1) is 0 Å². The van der Waals surface area contributed by atoms with Gasteiger partial charge in [-0.05, 0) is 122 Å². The van der Waals surface area contributed by atoms with E-state index >= 15 is 0 Å². The van der Waals surface area contributed by atoms with E-state index in [1.165, 1.54) is 110 Å². The Morgan fingerprint density at radius 2 is 0.709 bits per heavy atom. The van der Waals surface area contributed by atoms with Crippen LogP contribution < -0.4 is 0 Å². The van der Waals surface area contributed by atoms with Crippen molar-refractivity contribution >= 4 is 43.1 Å². The van der Waals surface area contributed by atoms with Gasteiger partial charge in [0.15, 0.2) is 0 Å². The van der Waals surface area contributed by atoms with E-state index in [2.05, 4.69) is 208 Å². The number of benzene rings is 10. The first kappa shape index (κ1) is 31.7. The molecule has 55 heavy (non-hydrogen) atoms. The lowest BCUT2D eigenvalue weighted by atomic mass is 9.80. The molecular formula is C55H38. The quantitative estimate of drug-likeness (QED) is 0.161. The molecule has 11 rings (SSSR count). The van der Waals surface area contributed by atoms with E-state index in [4.69, 9.17) is 0 Å². The van der Waals surface area contributed by atoms with Gasteiger partial charge in [-0.2, -0.15) is 0 Å². The van der Waals surface area contributed by atoms with Crippen molar-refractivity contribution in [2.75, 3.05) is 0 Å². The molecule has 0 spiro atoms. The van der Waals surface area contributed by atoms with Crippen LogP contribution in [0.5, 0.6) is 0 Å². The van der Waals surface area contributed by atoms with Gasteiger partial charge in [0.25, 0.3) is 0 Å². The number of fused-ring (bicyclic) bond motifs is 8. The van der Waals surface area contributed by atoms with Gasteiger partial charge in [0.2, 0.25) is 0 Å². The molecule has 0 atom stereocenters. The van der Waals surface area contributed by atoms with Crippen molar-refractivity contribution in [2.24, 2.45) is 0 Å². The molecule has 1 aliphatic rings. The van der Waals surface area contributed by atoms with Crippen molar-refractivity contribution in [3.8, 4) is 55.6 Å². The lowest BCUT2D eigenvalue weighted by Gasteiger charge is -2.23. The number of hydrogen-bond acceptors (Lipinski definition) is 0. The van der Waals surface area contributed by atoms with Crippen LogP contribution >= 0.6 is 0 Å². The summed E-state index contributed by atoms with van der Waals surface area (Å²) < 4.78 is 0. The molecule has 1 aliphatic carbocycles. The topological polar surface area (TPSA) is 0 Å². The summed E-state index contributed by atoms with van der Waals surface area (Å²) in [5.41, 5.74) is 15.5. The van der Waals surface area contributed by atoms with E-state index in [0.717, 1.165) is 0 Å². The van der Waals surface area contributed by atoms with E-state index in [0.29, 0.717) is 0 Å². The smallest absolute Gasteiger partial charge is 0.0165 e. The monoisotopic (exact) mass is 698 g/mol. The highest BCUT2D eigenvalue weighted by atomic mass is 14.4. The molecule has 0 nitrogen and oxygen atoms in total. The Hall–Kier alpha value is -6.76. The molecule has 0 amide bonds. The summed E-state index contributed by atoms with van der Waals surface area (Å²) >= 11 is 0. The zero-order chi connectivity index (χ0) is 36.7. The van der Waals surface area contributed by atoms with Crippen LogP contribution in [0.4, 0.5) is 0 Å². The molecule has 0 heterocycles. The van der Waals surface area contributed by atoms with Gasteiger partial charge in [-0.25, -0.2) is 0 Å². The molecular weight excluding hydrogens is 661 g/mol. The van der Waals surface area contributed by atoms with Gasteiger partial charge in [0.1, 0.15) is 0 Å². The Morgan fingerprint density at radius 3 is 1.29 bits per heavy atom. The maximum absolute atomic E-state index is 2.41. The average molecular weight is 699 g/mol. The average Bonchev–Trinajstić information content (AvgIpc) is 3.48. The highest BCUT2D eigenvalue weighted by molar-refractivity contribution is 6.21. The normalized spacial score (nSPS) is 13.1. The van der Waals surface area contributed by atoms with Gasteiger partial charge in [-0.1, -0.05) is 196 Å². The Balaban J connectivity index is 0.997. The number of rotatable bonds is 4. The second-order valence-corrected chi connectivity index (χ2v) is 15.7. The van der Waals surface area contributed by atoms with Crippen molar-refractivity contribution < 1.29 is 0 Å². The van der Waals surface area contributed by atoms with E-state index in [1.54, 1.807) is 0 Å². The third kappa shape index (κ3) is 4.92. The molecule has 0 heteroatoms. The third-order valence-electron chi connectivity index (χ3n) is 12.2. The van der Waals surface area contributed by atoms with Crippen LogP contribution in [0.15, 0.2) is 194 Å². The molecule has 0 saturated carbocycles. The largest absolute Gasteiger partial charge is 0.0616 e. The lowest BCUT2D eigenvalue weighted by molar-refractivity contribution is 0.666. The van der Waals surface area contributed by atoms with Crippen molar-refractivity contribution in [1.82, 2.24) is 0 Å². The standard InChI is InChI=1S/C55H38/c1-55(2)51-32-30-43(34-50(51)49-31-29-38-12-5-6-14-44(38)54(49)55)37-21-26-40(27-22-37)53-47-17-9-7-15-45(47)52(46-16-8-10-18-48(46)53)39-24-19-36(20-25-39)42-28-23-35-11-3-4-13-41(35)33-42/h3-34H,1-2H3. The molecule has 0 bridgehead atoms. The Labute approximate surface area is 322 Å². The molecule has 0 N–H and O–H groups in total. The first-order chi connectivity index (χ1) is 27.0. The summed E-state index contributed by atoms with van der Waals surface area (Å²) in [6, 6.07) is 72.1. The SMILES string of the molecule is CC1(C)c2ccc(-c3ccc(-c4c5ccccc5c(-c5ccc(-c6ccc7ccccc7c6)cc5)c5ccccc45)cc3)cc2-c2ccc3ccccc3c21. The molecule has 0 aliphatic heterocycles. The fourth-order valence-electron chi connectivity index (χ4n) is 9.57. The van der Waals surface area contributed by atoms with E-state index < -0.39 is 0 Å². The molecule has 0 radical (unpaired) electrons. The van der Waals surface area contributed by atoms with Gasteiger partial charge in [0, 0.05) is 5.41 Å². The molecule has 0 unspecified atom stereocenters. The fraction of sp³-hybridized carbons (Fsp3) is 0.0545. The lowest BCUT2D eigenvalue weighted by Crippen LogP contribution is -2.15. The second kappa shape index (κ2) is 12.1. The summed E-state index contributed by atoms with van der Waals surface area (Å²) in [5.74, 6) is 0. The van der Waals surface area contributed by atoms with Crippen molar-refractivity contribution in [2.45, 2.75) is 19.3 Å². The van der Waals surface area contributed by atoms with Gasteiger partial charge in [-0.15, -0.1) is 0 Å². The van der Waals surface area contributed by atoms with Gasteiger partial charge >= 0.3 is 0 Å². The minimum atomic E-state index is -0.0541. The maximum Gasteiger partial charge on any atom is 0.0165 e. The van der Waals surface area contributed by atoms with Crippen LogP contribution in [-0.4, -0.2) is 0 Å². The van der Waals surface area contributed by atoms with Gasteiger partial charge in [-0.3, -0.25) is 0 Å². The van der Waals surface area contributed by atoms with E-state index in [1.807, 2.05) is 0 Å². The Bertz CT molecular complexity index is 3080. The van der Waals surface area contributed by atoms with Gasteiger partial charge < -0.3 is 0 Å². The summed E-state index contributed by atoms with van der Waals surface area (Å²) in [4.78, 5) is 0. The van der Waals surface area contributed by atoms with Crippen molar-refractivity contribution in [3.05, 3.63) is 205 Å². The predicted octanol–water partition coefficient (Wildman–Crippen LogP) is 15.3. The molecule has 258 valence electrons. The summed E-state index contributed by atoms with van der Waals surface area (Å²) in [6.45, 7) is 4.75. The molecule has 0 fully saturated rings. The van der Waals surface area contributed by atoms with Gasteiger partial charge in [0.05, 0.1) is 0 Å². The van der Waals surface area contributed by atoms with Crippen LogP contribution in [0.2, 0.25) is 0 Å². The van der Waals surface area contributed by atoms with Crippen molar-refractivity contribution in [3.63, 3.8) is 0 Å². The molecule has 0 saturated heterocycles. The highest BCUT2D eigenvalue weighted by Crippen LogP contribution is 2.52. The first-order valence-corrected chi connectivity index (χ1v) is 19.3. The highest BCUT2D eigenvalue weighted by Gasteiger charge is 2.37. The Morgan fingerprint density at radius 1 is 0.291 bits per heavy atom. The van der Waals surface area contributed by atoms with E-state index in [-0.39, 0.29) is 5.41 Å². The third-order valence-corrected chi connectivity index (χ3v) is 12.2. The van der Waals surface area contributed by atoms with E-state index in [9.17, 15) is 0 Å². The number of hydrogen-bond donors (Lipinski definition) is 0. The second-order valence-electron chi connectivity index (χ2n) is 15.7. The van der Waals surface area contributed by atoms with Crippen LogP contribution in [0.3, 0.4) is 0 Å². The summed E-state index contributed by atoms with van der Waals surface area (Å²) in [7, 11) is 0. The predicted molar refractivity (Wildman–Crippen MR) is 236 cm³/mol. The minimum absolute atomic E-state index is 0.0541. The maximum atomic E-state index is 2.41. The molecule has 10 aromatic carbocycles. The summed E-state index contributed by atoms with van der Waals surface area (Å²) in [6.07, 6.45) is 0. The van der Waals surface area contributed by atoms with Crippen molar-refractivity contribution in [1.29, 1.82) is 0 Å². The zero-order valence-electron chi connectivity index (χ0n) is 31.0. The van der Waals surface area contributed by atoms with Crippen LogP contribution in [-0.2, 0) is 5.41 Å². The van der Waals surface area contributed by atoms with Crippen LogP contribution in [0.1, 0.15) is 25.0 Å². The summed E-state index contributed by atoms with van der Waals surface area (Å²) in [5, 5.41) is 10.3.